The van der Waals surface area contributed by atoms with Crippen LogP contribution >= 0.6 is 11.3 Å². The second-order valence-corrected chi connectivity index (χ2v) is 6.00. The summed E-state index contributed by atoms with van der Waals surface area (Å²) in [5.74, 6) is 0.437. The maximum Gasteiger partial charge on any atom is 0.263 e. The molecule has 0 aliphatic heterocycles. The maximum atomic E-state index is 12.0. The van der Waals surface area contributed by atoms with Gasteiger partial charge in [-0.3, -0.25) is 4.79 Å². The van der Waals surface area contributed by atoms with Gasteiger partial charge in [0, 0.05) is 12.6 Å². The summed E-state index contributed by atoms with van der Waals surface area (Å²) in [5.41, 5.74) is 6.50. The summed E-state index contributed by atoms with van der Waals surface area (Å²) in [7, 11) is 0. The fraction of sp³-hybridized carbons (Fsp3) is 0.643. The highest BCUT2D eigenvalue weighted by Gasteiger charge is 2.23. The topological polar surface area (TPSA) is 76.4 Å². The number of anilines is 2. The highest BCUT2D eigenvalue weighted by atomic mass is 32.1. The Morgan fingerprint density at radius 3 is 2.50 bits per heavy atom. The SMILES string of the molecule is CCNC(=O)c1sc(NC(C)CC)c(OC(C)C)c1N. The zero-order chi connectivity index (χ0) is 15.3. The van der Waals surface area contributed by atoms with Gasteiger partial charge >= 0.3 is 0 Å². The molecule has 0 radical (unpaired) electrons. The van der Waals surface area contributed by atoms with Gasteiger partial charge in [0.05, 0.1) is 6.10 Å². The van der Waals surface area contributed by atoms with Crippen molar-refractivity contribution in [1.29, 1.82) is 0 Å². The average Bonchev–Trinajstić information content (AvgIpc) is 2.67. The molecule has 1 aromatic heterocycles. The third-order valence-corrected chi connectivity index (χ3v) is 3.90. The molecule has 20 heavy (non-hydrogen) atoms. The van der Waals surface area contributed by atoms with E-state index >= 15 is 0 Å². The van der Waals surface area contributed by atoms with E-state index in [1.54, 1.807) is 0 Å². The number of nitrogens with one attached hydrogen (secondary N) is 2. The van der Waals surface area contributed by atoms with Crippen LogP contribution in [0, 0.1) is 0 Å². The smallest absolute Gasteiger partial charge is 0.263 e. The van der Waals surface area contributed by atoms with Crippen LogP contribution in [0.15, 0.2) is 0 Å². The molecule has 1 atom stereocenters. The van der Waals surface area contributed by atoms with E-state index in [0.717, 1.165) is 11.4 Å². The molecule has 4 N–H and O–H groups in total. The van der Waals surface area contributed by atoms with Gasteiger partial charge in [0.1, 0.15) is 15.6 Å². The zero-order valence-corrected chi connectivity index (χ0v) is 13.7. The summed E-state index contributed by atoms with van der Waals surface area (Å²) in [6.07, 6.45) is 0.988. The number of nitrogens with two attached hydrogens (primary N) is 1. The molecule has 1 unspecified atom stereocenters. The van der Waals surface area contributed by atoms with Crippen molar-refractivity contribution < 1.29 is 9.53 Å². The molecular formula is C14H25N3O2S. The van der Waals surface area contributed by atoms with Crippen LogP contribution in [0.2, 0.25) is 0 Å². The van der Waals surface area contributed by atoms with Gasteiger partial charge in [0.25, 0.3) is 5.91 Å². The minimum absolute atomic E-state index is 0.00599. The third kappa shape index (κ3) is 4.03. The summed E-state index contributed by atoms with van der Waals surface area (Å²) in [6.45, 7) is 10.5. The van der Waals surface area contributed by atoms with Crippen LogP contribution in [0.3, 0.4) is 0 Å². The molecule has 6 heteroatoms. The van der Waals surface area contributed by atoms with Crippen LogP contribution in [-0.4, -0.2) is 24.6 Å². The number of ether oxygens (including phenoxy) is 1. The lowest BCUT2D eigenvalue weighted by Gasteiger charge is -2.15. The second kappa shape index (κ2) is 7.38. The van der Waals surface area contributed by atoms with Crippen molar-refractivity contribution in [3.8, 4) is 5.75 Å². The lowest BCUT2D eigenvalue weighted by molar-refractivity contribution is 0.0960. The summed E-state index contributed by atoms with van der Waals surface area (Å²) >= 11 is 1.35. The predicted molar refractivity (Wildman–Crippen MR) is 85.9 cm³/mol. The molecule has 0 aliphatic carbocycles. The fourth-order valence-corrected chi connectivity index (χ4v) is 2.69. The molecule has 0 bridgehead atoms. The molecular weight excluding hydrogens is 274 g/mol. The van der Waals surface area contributed by atoms with Crippen molar-refractivity contribution in [3.05, 3.63) is 4.88 Å². The monoisotopic (exact) mass is 299 g/mol. The molecule has 1 rings (SSSR count). The normalized spacial score (nSPS) is 12.3. The lowest BCUT2D eigenvalue weighted by Crippen LogP contribution is -2.22. The second-order valence-electron chi connectivity index (χ2n) is 4.98. The minimum atomic E-state index is -0.152. The number of nitrogen functional groups attached to an aromatic ring is 1. The number of hydrogen-bond acceptors (Lipinski definition) is 5. The fourth-order valence-electron chi connectivity index (χ4n) is 1.61. The lowest BCUT2D eigenvalue weighted by atomic mass is 10.2. The molecule has 1 amide bonds. The number of hydrogen-bond donors (Lipinski definition) is 3. The van der Waals surface area contributed by atoms with Crippen LogP contribution in [-0.2, 0) is 0 Å². The Labute approximate surface area is 124 Å². The highest BCUT2D eigenvalue weighted by molar-refractivity contribution is 7.19. The van der Waals surface area contributed by atoms with E-state index in [-0.39, 0.29) is 12.0 Å². The van der Waals surface area contributed by atoms with Crippen molar-refractivity contribution in [2.45, 2.75) is 53.2 Å². The molecule has 1 aromatic rings. The van der Waals surface area contributed by atoms with Gasteiger partial charge in [0.2, 0.25) is 0 Å². The molecule has 0 spiro atoms. The third-order valence-electron chi connectivity index (χ3n) is 2.79. The Balaban J connectivity index is 3.12. The standard InChI is InChI=1S/C14H25N3O2S/c1-6-9(5)17-14-11(19-8(3)4)10(15)12(20-14)13(18)16-7-2/h8-9,17H,6-7,15H2,1-5H3,(H,16,18). The summed E-state index contributed by atoms with van der Waals surface area (Å²) in [5, 5.41) is 6.95. The van der Waals surface area contributed by atoms with E-state index in [1.807, 2.05) is 20.8 Å². The summed E-state index contributed by atoms with van der Waals surface area (Å²) < 4.78 is 5.77. The van der Waals surface area contributed by atoms with Gasteiger partial charge in [-0.2, -0.15) is 0 Å². The van der Waals surface area contributed by atoms with E-state index in [0.29, 0.717) is 28.9 Å². The zero-order valence-electron chi connectivity index (χ0n) is 12.9. The Kier molecular flexibility index (Phi) is 6.13. The highest BCUT2D eigenvalue weighted by Crippen LogP contribution is 2.43. The van der Waals surface area contributed by atoms with E-state index in [9.17, 15) is 4.79 Å². The maximum absolute atomic E-state index is 12.0. The Morgan fingerprint density at radius 2 is 2.00 bits per heavy atom. The van der Waals surface area contributed by atoms with Crippen molar-refractivity contribution in [1.82, 2.24) is 5.32 Å². The van der Waals surface area contributed by atoms with E-state index in [4.69, 9.17) is 10.5 Å². The largest absolute Gasteiger partial charge is 0.486 e. The molecule has 0 saturated heterocycles. The Bertz CT molecular complexity index is 458. The number of thiophene rings is 1. The molecule has 5 nitrogen and oxygen atoms in total. The van der Waals surface area contributed by atoms with Gasteiger partial charge in [0.15, 0.2) is 5.75 Å². The Hall–Kier alpha value is -1.43. The molecule has 0 fully saturated rings. The van der Waals surface area contributed by atoms with Crippen LogP contribution in [0.1, 0.15) is 50.7 Å². The van der Waals surface area contributed by atoms with Crippen molar-refractivity contribution in [2.24, 2.45) is 0 Å². The van der Waals surface area contributed by atoms with Gasteiger partial charge < -0.3 is 21.1 Å². The number of carbonyl (C=O) groups is 1. The number of carbonyl (C=O) groups excluding carboxylic acids is 1. The number of amides is 1. The van der Waals surface area contributed by atoms with Crippen molar-refractivity contribution in [2.75, 3.05) is 17.6 Å². The molecule has 0 aromatic carbocycles. The van der Waals surface area contributed by atoms with Gasteiger partial charge in [-0.1, -0.05) is 6.92 Å². The first-order valence-corrected chi connectivity index (χ1v) is 7.85. The molecule has 1 heterocycles. The number of rotatable bonds is 7. The first-order chi connectivity index (χ1) is 9.40. The van der Waals surface area contributed by atoms with Crippen LogP contribution in [0.5, 0.6) is 5.75 Å². The first-order valence-electron chi connectivity index (χ1n) is 7.04. The first kappa shape index (κ1) is 16.6. The summed E-state index contributed by atoms with van der Waals surface area (Å²) in [4.78, 5) is 12.5. The van der Waals surface area contributed by atoms with Crippen LogP contribution < -0.4 is 21.1 Å². The van der Waals surface area contributed by atoms with Crippen molar-refractivity contribution >= 4 is 27.9 Å². The van der Waals surface area contributed by atoms with Gasteiger partial charge in [-0.25, -0.2) is 0 Å². The Morgan fingerprint density at radius 1 is 1.35 bits per heavy atom. The van der Waals surface area contributed by atoms with Gasteiger partial charge in [-0.15, -0.1) is 11.3 Å². The molecule has 0 aliphatic rings. The van der Waals surface area contributed by atoms with Crippen LogP contribution in [0.25, 0.3) is 0 Å². The van der Waals surface area contributed by atoms with Crippen LogP contribution in [0.4, 0.5) is 10.7 Å². The average molecular weight is 299 g/mol. The predicted octanol–water partition coefficient (Wildman–Crippen LogP) is 3.08. The van der Waals surface area contributed by atoms with E-state index < -0.39 is 0 Å². The van der Waals surface area contributed by atoms with E-state index in [2.05, 4.69) is 24.5 Å². The minimum Gasteiger partial charge on any atom is -0.486 e. The summed E-state index contributed by atoms with van der Waals surface area (Å²) in [6, 6.07) is 0.296. The van der Waals surface area contributed by atoms with Crippen molar-refractivity contribution in [3.63, 3.8) is 0 Å². The van der Waals surface area contributed by atoms with E-state index in [1.165, 1.54) is 11.3 Å². The molecule has 0 saturated carbocycles. The quantitative estimate of drug-likeness (QED) is 0.723. The van der Waals surface area contributed by atoms with Gasteiger partial charge in [-0.05, 0) is 34.1 Å². The molecule has 114 valence electrons.